The van der Waals surface area contributed by atoms with Crippen molar-refractivity contribution in [3.8, 4) is 0 Å². The van der Waals surface area contributed by atoms with E-state index < -0.39 is 0 Å². The van der Waals surface area contributed by atoms with Crippen molar-refractivity contribution in [2.24, 2.45) is 11.3 Å². The molecule has 1 aliphatic heterocycles. The van der Waals surface area contributed by atoms with Gasteiger partial charge in [-0.2, -0.15) is 0 Å². The molecule has 1 heteroatoms. The van der Waals surface area contributed by atoms with Crippen LogP contribution in [0.2, 0.25) is 0 Å². The number of rotatable bonds is 3. The molecule has 0 aromatic heterocycles. The van der Waals surface area contributed by atoms with Gasteiger partial charge >= 0.3 is 0 Å². The maximum absolute atomic E-state index is 4.32. The summed E-state index contributed by atoms with van der Waals surface area (Å²) in [6.45, 7) is 24.9. The van der Waals surface area contributed by atoms with Crippen LogP contribution in [0.15, 0.2) is 24.4 Å². The Kier molecular flexibility index (Phi) is 6.73. The molecule has 0 amide bonds. The van der Waals surface area contributed by atoms with E-state index in [2.05, 4.69) is 52.7 Å². The molecule has 18 heavy (non-hydrogen) atoms. The van der Waals surface area contributed by atoms with Gasteiger partial charge < -0.3 is 4.90 Å². The highest BCUT2D eigenvalue weighted by Gasteiger charge is 2.31. The predicted molar refractivity (Wildman–Crippen MR) is 83.6 cm³/mol. The molecule has 0 spiro atoms. The number of hydrogen-bond donors (Lipinski definition) is 0. The van der Waals surface area contributed by atoms with Gasteiger partial charge in [-0.25, -0.2) is 0 Å². The molecule has 1 rings (SSSR count). The highest BCUT2D eigenvalue weighted by atomic mass is 15.2. The summed E-state index contributed by atoms with van der Waals surface area (Å²) in [5.74, 6) is 0.521. The number of nitrogens with zero attached hydrogens (tertiary/aromatic N) is 1. The minimum atomic E-state index is 0.291. The Morgan fingerprint density at radius 1 is 1.22 bits per heavy atom. The number of hydrogen-bond acceptors (Lipinski definition) is 1. The van der Waals surface area contributed by atoms with Crippen LogP contribution in [0.1, 0.15) is 61.3 Å². The molecule has 0 aliphatic carbocycles. The van der Waals surface area contributed by atoms with E-state index >= 15 is 0 Å². The third-order valence-electron chi connectivity index (χ3n) is 3.99. The van der Waals surface area contributed by atoms with Crippen LogP contribution in [0.4, 0.5) is 0 Å². The van der Waals surface area contributed by atoms with E-state index in [0.717, 1.165) is 6.54 Å². The van der Waals surface area contributed by atoms with Crippen molar-refractivity contribution in [1.82, 2.24) is 4.90 Å². The molecule has 0 bridgehead atoms. The van der Waals surface area contributed by atoms with Crippen LogP contribution < -0.4 is 0 Å². The largest absolute Gasteiger partial charge is 0.368 e. The normalized spacial score (nSPS) is 21.1. The van der Waals surface area contributed by atoms with Crippen molar-refractivity contribution in [3.05, 3.63) is 24.4 Å². The molecular weight excluding hydrogens is 218 g/mol. The maximum Gasteiger partial charge on any atom is 0.0494 e. The second kappa shape index (κ2) is 7.01. The molecule has 0 aromatic carbocycles. The molecule has 2 atom stereocenters. The van der Waals surface area contributed by atoms with Crippen molar-refractivity contribution in [1.29, 1.82) is 0 Å². The quantitative estimate of drug-likeness (QED) is 0.619. The van der Waals surface area contributed by atoms with Gasteiger partial charge in [0.1, 0.15) is 0 Å². The molecule has 1 heterocycles. The Bertz CT molecular complexity index is 282. The summed E-state index contributed by atoms with van der Waals surface area (Å²) >= 11 is 0. The fraction of sp³-hybridized carbons (Fsp3) is 0.765. The lowest BCUT2D eigenvalue weighted by molar-refractivity contribution is 0.223. The molecule has 0 saturated carbocycles. The standard InChI is InChI=1S/C15H27N.C2H6/c1-11(2)14-9-8-10-16(14)13(4)12(3)15(5,6)7;1-2/h12,14H,1,4,8-10H2,2-3,5-7H3;1-2H3. The second-order valence-corrected chi connectivity index (χ2v) is 6.28. The minimum absolute atomic E-state index is 0.291. The Morgan fingerprint density at radius 3 is 2.11 bits per heavy atom. The molecule has 1 nitrogen and oxygen atoms in total. The van der Waals surface area contributed by atoms with Crippen molar-refractivity contribution in [2.75, 3.05) is 6.54 Å². The highest BCUT2D eigenvalue weighted by molar-refractivity contribution is 5.14. The summed E-state index contributed by atoms with van der Waals surface area (Å²) in [7, 11) is 0. The minimum Gasteiger partial charge on any atom is -0.368 e. The first kappa shape index (κ1) is 17.3. The molecule has 2 unspecified atom stereocenters. The van der Waals surface area contributed by atoms with Crippen molar-refractivity contribution in [3.63, 3.8) is 0 Å². The molecule has 1 saturated heterocycles. The Labute approximate surface area is 115 Å². The van der Waals surface area contributed by atoms with Gasteiger partial charge in [0.15, 0.2) is 0 Å². The fourth-order valence-corrected chi connectivity index (χ4v) is 2.37. The fourth-order valence-electron chi connectivity index (χ4n) is 2.37. The van der Waals surface area contributed by atoms with E-state index in [1.54, 1.807) is 0 Å². The van der Waals surface area contributed by atoms with Crippen LogP contribution in [0.5, 0.6) is 0 Å². The summed E-state index contributed by atoms with van der Waals surface area (Å²) in [6, 6.07) is 0.525. The first-order valence-electron chi connectivity index (χ1n) is 7.36. The molecule has 0 aromatic rings. The van der Waals surface area contributed by atoms with Crippen LogP contribution >= 0.6 is 0 Å². The van der Waals surface area contributed by atoms with Crippen LogP contribution in [-0.2, 0) is 0 Å². The molecular formula is C17H33N. The van der Waals surface area contributed by atoms with Gasteiger partial charge in [-0.05, 0) is 25.2 Å². The van der Waals surface area contributed by atoms with E-state index in [1.807, 2.05) is 13.8 Å². The maximum atomic E-state index is 4.32. The molecule has 0 N–H and O–H groups in total. The van der Waals surface area contributed by atoms with Crippen molar-refractivity contribution in [2.45, 2.75) is 67.3 Å². The molecule has 1 fully saturated rings. The Hall–Kier alpha value is -0.720. The highest BCUT2D eigenvalue weighted by Crippen LogP contribution is 2.36. The van der Waals surface area contributed by atoms with Gasteiger partial charge in [-0.3, -0.25) is 0 Å². The van der Waals surface area contributed by atoms with Crippen molar-refractivity contribution >= 4 is 0 Å². The average Bonchev–Trinajstić information content (AvgIpc) is 2.77. The Balaban J connectivity index is 0.00000137. The average molecular weight is 251 g/mol. The molecule has 0 radical (unpaired) electrons. The van der Waals surface area contributed by atoms with Gasteiger partial charge in [-0.15, -0.1) is 0 Å². The zero-order valence-corrected chi connectivity index (χ0v) is 13.6. The van der Waals surface area contributed by atoms with Crippen LogP contribution in [0.3, 0.4) is 0 Å². The summed E-state index contributed by atoms with van der Waals surface area (Å²) in [6.07, 6.45) is 2.51. The third-order valence-corrected chi connectivity index (χ3v) is 3.99. The lowest BCUT2D eigenvalue weighted by Crippen LogP contribution is -2.35. The summed E-state index contributed by atoms with van der Waals surface area (Å²) in [5, 5.41) is 0. The summed E-state index contributed by atoms with van der Waals surface area (Å²) < 4.78 is 0. The van der Waals surface area contributed by atoms with Gasteiger partial charge in [0.05, 0.1) is 0 Å². The van der Waals surface area contributed by atoms with E-state index in [9.17, 15) is 0 Å². The second-order valence-electron chi connectivity index (χ2n) is 6.28. The zero-order valence-electron chi connectivity index (χ0n) is 13.6. The third kappa shape index (κ3) is 4.19. The van der Waals surface area contributed by atoms with E-state index in [1.165, 1.54) is 24.1 Å². The first-order valence-corrected chi connectivity index (χ1v) is 7.36. The molecule has 1 aliphatic rings. The summed E-state index contributed by atoms with van der Waals surface area (Å²) in [4.78, 5) is 2.47. The number of likely N-dealkylation sites (tertiary alicyclic amines) is 1. The molecule has 106 valence electrons. The van der Waals surface area contributed by atoms with Crippen LogP contribution in [-0.4, -0.2) is 17.5 Å². The topological polar surface area (TPSA) is 3.24 Å². The smallest absolute Gasteiger partial charge is 0.0494 e. The van der Waals surface area contributed by atoms with Crippen molar-refractivity contribution < 1.29 is 0 Å². The van der Waals surface area contributed by atoms with Crippen LogP contribution in [0.25, 0.3) is 0 Å². The van der Waals surface area contributed by atoms with Gasteiger partial charge in [0.25, 0.3) is 0 Å². The lowest BCUT2D eigenvalue weighted by Gasteiger charge is -2.37. The monoisotopic (exact) mass is 251 g/mol. The summed E-state index contributed by atoms with van der Waals surface area (Å²) in [5.41, 5.74) is 2.86. The van der Waals surface area contributed by atoms with Crippen LogP contribution in [0, 0.1) is 11.3 Å². The van der Waals surface area contributed by atoms with E-state index in [4.69, 9.17) is 0 Å². The zero-order chi connectivity index (χ0) is 14.5. The van der Waals surface area contributed by atoms with Gasteiger partial charge in [0.2, 0.25) is 0 Å². The van der Waals surface area contributed by atoms with E-state index in [-0.39, 0.29) is 0 Å². The number of allylic oxidation sites excluding steroid dienone is 1. The first-order chi connectivity index (χ1) is 8.25. The Morgan fingerprint density at radius 2 is 1.72 bits per heavy atom. The lowest BCUT2D eigenvalue weighted by atomic mass is 9.80. The van der Waals surface area contributed by atoms with Gasteiger partial charge in [-0.1, -0.05) is 60.3 Å². The SMILES string of the molecule is C=C(C)C1CCCN1C(=C)C(C)C(C)(C)C.CC. The van der Waals surface area contributed by atoms with Gasteiger partial charge in [0, 0.05) is 24.2 Å². The van der Waals surface area contributed by atoms with E-state index in [0.29, 0.717) is 17.4 Å². The predicted octanol–water partition coefficient (Wildman–Crippen LogP) is 5.25.